The van der Waals surface area contributed by atoms with Crippen LogP contribution in [0.1, 0.15) is 20.3 Å². The first-order chi connectivity index (χ1) is 4.11. The summed E-state index contributed by atoms with van der Waals surface area (Å²) in [4.78, 5) is 0. The second-order valence-corrected chi connectivity index (χ2v) is 3.24. The van der Waals surface area contributed by atoms with Crippen molar-refractivity contribution < 1.29 is 0 Å². The Morgan fingerprint density at radius 3 is 2.44 bits per heavy atom. The first-order valence-electron chi connectivity index (χ1n) is 3.40. The molecule has 0 N–H and O–H groups in total. The topological polar surface area (TPSA) is 0 Å². The molecule has 9 heavy (non-hydrogen) atoms. The van der Waals surface area contributed by atoms with Gasteiger partial charge in [0.2, 0.25) is 0 Å². The molecule has 0 aromatic carbocycles. The van der Waals surface area contributed by atoms with Crippen LogP contribution >= 0.6 is 0 Å². The summed E-state index contributed by atoms with van der Waals surface area (Å²) in [7, 11) is 0. The molecule has 2 unspecified atom stereocenters. The fourth-order valence-corrected chi connectivity index (χ4v) is 1.23. The van der Waals surface area contributed by atoms with E-state index in [4.69, 9.17) is 0 Å². The van der Waals surface area contributed by atoms with Crippen LogP contribution in [0.3, 0.4) is 0 Å². The molecule has 0 aromatic rings. The maximum Gasteiger partial charge on any atom is -0.00530 e. The lowest BCUT2D eigenvalue weighted by Gasteiger charge is -2.06. The van der Waals surface area contributed by atoms with Gasteiger partial charge in [-0.05, 0) is 24.7 Å². The first kappa shape index (κ1) is 6.60. The van der Waals surface area contributed by atoms with E-state index in [1.165, 1.54) is 12.0 Å². The Hall–Kier alpha value is -0.520. The molecule has 50 valence electrons. The van der Waals surface area contributed by atoms with Crippen LogP contribution in [0.15, 0.2) is 24.8 Å². The van der Waals surface area contributed by atoms with Gasteiger partial charge >= 0.3 is 0 Å². The molecular formula is C9H14. The van der Waals surface area contributed by atoms with Gasteiger partial charge in [0.25, 0.3) is 0 Å². The zero-order valence-corrected chi connectivity index (χ0v) is 6.28. The second-order valence-electron chi connectivity index (χ2n) is 3.24. The van der Waals surface area contributed by atoms with Gasteiger partial charge in [-0.1, -0.05) is 25.2 Å². The largest absolute Gasteiger partial charge is 0.103 e. The van der Waals surface area contributed by atoms with E-state index in [9.17, 15) is 0 Å². The minimum atomic E-state index is 0.405. The van der Waals surface area contributed by atoms with Crippen molar-refractivity contribution in [3.8, 4) is 0 Å². The van der Waals surface area contributed by atoms with Gasteiger partial charge in [-0.3, -0.25) is 0 Å². The van der Waals surface area contributed by atoms with Gasteiger partial charge in [0, 0.05) is 0 Å². The summed E-state index contributed by atoms with van der Waals surface area (Å²) in [6, 6.07) is 0. The highest BCUT2D eigenvalue weighted by Gasteiger charge is 2.48. The number of hydrogen-bond acceptors (Lipinski definition) is 0. The summed E-state index contributed by atoms with van der Waals surface area (Å²) in [6.07, 6.45) is 3.29. The molecule has 0 amide bonds. The van der Waals surface area contributed by atoms with Crippen molar-refractivity contribution in [1.29, 1.82) is 0 Å². The maximum atomic E-state index is 3.94. The van der Waals surface area contributed by atoms with Gasteiger partial charge in [0.05, 0.1) is 0 Å². The van der Waals surface area contributed by atoms with Crippen LogP contribution < -0.4 is 0 Å². The molecule has 0 aromatic heterocycles. The lowest BCUT2D eigenvalue weighted by molar-refractivity contribution is 0.649. The molecule has 0 bridgehead atoms. The van der Waals surface area contributed by atoms with Crippen LogP contribution in [0.25, 0.3) is 0 Å². The van der Waals surface area contributed by atoms with E-state index in [0.717, 1.165) is 0 Å². The van der Waals surface area contributed by atoms with E-state index in [2.05, 4.69) is 27.0 Å². The Bertz CT molecular complexity index is 155. The normalized spacial score (nSPS) is 40.0. The van der Waals surface area contributed by atoms with Crippen LogP contribution in [-0.2, 0) is 0 Å². The number of hydrogen-bond donors (Lipinski definition) is 0. The molecule has 0 radical (unpaired) electrons. The summed E-state index contributed by atoms with van der Waals surface area (Å²) in [5.41, 5.74) is 1.70. The average Bonchev–Trinajstić information content (AvgIpc) is 2.44. The molecule has 0 spiro atoms. The minimum Gasteiger partial charge on any atom is -0.103 e. The van der Waals surface area contributed by atoms with Crippen LogP contribution in [0.4, 0.5) is 0 Å². The van der Waals surface area contributed by atoms with Crippen molar-refractivity contribution in [2.75, 3.05) is 0 Å². The second kappa shape index (κ2) is 1.73. The monoisotopic (exact) mass is 122 g/mol. The third kappa shape index (κ3) is 0.827. The van der Waals surface area contributed by atoms with Crippen LogP contribution in [-0.4, -0.2) is 0 Å². The van der Waals surface area contributed by atoms with Gasteiger partial charge in [0.1, 0.15) is 0 Å². The standard InChI is InChI=1S/C9H14/c1-5-8-6-9(8,4)7(2)3/h5,8H,1-2,6H2,3-4H3. The Kier molecular flexibility index (Phi) is 1.27. The zero-order valence-electron chi connectivity index (χ0n) is 6.28. The molecule has 1 aliphatic carbocycles. The molecule has 1 saturated carbocycles. The summed E-state index contributed by atoms with van der Waals surface area (Å²) in [5, 5.41) is 0. The first-order valence-corrected chi connectivity index (χ1v) is 3.40. The average molecular weight is 122 g/mol. The lowest BCUT2D eigenvalue weighted by atomic mass is 9.98. The highest BCUT2D eigenvalue weighted by molar-refractivity contribution is 5.22. The minimum absolute atomic E-state index is 0.405. The summed E-state index contributed by atoms with van der Waals surface area (Å²) < 4.78 is 0. The van der Waals surface area contributed by atoms with E-state index < -0.39 is 0 Å². The zero-order chi connectivity index (χ0) is 7.07. The van der Waals surface area contributed by atoms with E-state index in [1.54, 1.807) is 0 Å². The van der Waals surface area contributed by atoms with Crippen LogP contribution in [0.5, 0.6) is 0 Å². The third-order valence-corrected chi connectivity index (χ3v) is 2.56. The van der Waals surface area contributed by atoms with E-state index in [1.807, 2.05) is 6.08 Å². The summed E-state index contributed by atoms with van der Waals surface area (Å²) in [5.74, 6) is 0.704. The highest BCUT2D eigenvalue weighted by atomic mass is 14.5. The van der Waals surface area contributed by atoms with Crippen molar-refractivity contribution in [3.05, 3.63) is 24.8 Å². The van der Waals surface area contributed by atoms with Gasteiger partial charge in [-0.15, -0.1) is 6.58 Å². The van der Waals surface area contributed by atoms with Gasteiger partial charge in [-0.2, -0.15) is 0 Å². The van der Waals surface area contributed by atoms with E-state index >= 15 is 0 Å². The quantitative estimate of drug-likeness (QED) is 0.494. The molecule has 0 saturated heterocycles. The van der Waals surface area contributed by atoms with Gasteiger partial charge < -0.3 is 0 Å². The molecule has 1 fully saturated rings. The molecule has 0 heteroatoms. The Labute approximate surface area is 57.3 Å². The predicted octanol–water partition coefficient (Wildman–Crippen LogP) is 2.77. The smallest absolute Gasteiger partial charge is 0.00530 e. The number of rotatable bonds is 2. The third-order valence-electron chi connectivity index (χ3n) is 2.56. The van der Waals surface area contributed by atoms with Crippen molar-refractivity contribution in [2.45, 2.75) is 20.3 Å². The Morgan fingerprint density at radius 2 is 2.33 bits per heavy atom. The van der Waals surface area contributed by atoms with Crippen LogP contribution in [0.2, 0.25) is 0 Å². The number of allylic oxidation sites excluding steroid dienone is 2. The maximum absolute atomic E-state index is 3.94. The summed E-state index contributed by atoms with van der Waals surface area (Å²) >= 11 is 0. The highest BCUT2D eigenvalue weighted by Crippen LogP contribution is 2.57. The van der Waals surface area contributed by atoms with Gasteiger partial charge in [-0.25, -0.2) is 0 Å². The predicted molar refractivity (Wildman–Crippen MR) is 41.2 cm³/mol. The SMILES string of the molecule is C=CC1CC1(C)C(=C)C. The van der Waals surface area contributed by atoms with Crippen LogP contribution in [0, 0.1) is 11.3 Å². The molecule has 0 nitrogen and oxygen atoms in total. The molecule has 0 heterocycles. The fourth-order valence-electron chi connectivity index (χ4n) is 1.23. The molecule has 1 aliphatic rings. The van der Waals surface area contributed by atoms with E-state index in [0.29, 0.717) is 11.3 Å². The Balaban J connectivity index is 2.62. The molecule has 2 atom stereocenters. The van der Waals surface area contributed by atoms with Crippen molar-refractivity contribution in [3.63, 3.8) is 0 Å². The lowest BCUT2D eigenvalue weighted by Crippen LogP contribution is -1.96. The van der Waals surface area contributed by atoms with Crippen molar-refractivity contribution >= 4 is 0 Å². The molecular weight excluding hydrogens is 108 g/mol. The molecule has 0 aliphatic heterocycles. The molecule has 1 rings (SSSR count). The van der Waals surface area contributed by atoms with Crippen molar-refractivity contribution in [1.82, 2.24) is 0 Å². The van der Waals surface area contributed by atoms with Crippen molar-refractivity contribution in [2.24, 2.45) is 11.3 Å². The fraction of sp³-hybridized carbons (Fsp3) is 0.556. The summed E-state index contributed by atoms with van der Waals surface area (Å²) in [6.45, 7) is 12.1. The van der Waals surface area contributed by atoms with Gasteiger partial charge in [0.15, 0.2) is 0 Å². The van der Waals surface area contributed by atoms with E-state index in [-0.39, 0.29) is 0 Å². The Morgan fingerprint density at radius 1 is 1.78 bits per heavy atom.